The van der Waals surface area contributed by atoms with Gasteiger partial charge < -0.3 is 10.2 Å². The molecule has 1 atom stereocenters. The Labute approximate surface area is 117 Å². The van der Waals surface area contributed by atoms with Gasteiger partial charge in [-0.15, -0.1) is 0 Å². The second kappa shape index (κ2) is 5.90. The molecular weight excluding hydrogens is 258 g/mol. The van der Waals surface area contributed by atoms with Crippen LogP contribution in [0.2, 0.25) is 0 Å². The van der Waals surface area contributed by atoms with Crippen LogP contribution in [0.15, 0.2) is 18.2 Å². The number of nitro groups is 1. The van der Waals surface area contributed by atoms with Crippen LogP contribution in [-0.2, 0) is 0 Å². The minimum atomic E-state index is -0.457. The summed E-state index contributed by atoms with van der Waals surface area (Å²) in [5.74, 6) is 0.356. The zero-order valence-corrected chi connectivity index (χ0v) is 11.8. The molecule has 20 heavy (non-hydrogen) atoms. The van der Waals surface area contributed by atoms with E-state index in [2.05, 4.69) is 12.2 Å². The fourth-order valence-electron chi connectivity index (χ4n) is 2.52. The SMILES string of the molecule is CCNc1c(C(=O)N2CCC(C)C2)cccc1[N+](=O)[O-]. The standard InChI is InChI=1S/C14H19N3O3/c1-3-15-13-11(5-4-6-12(13)17(19)20)14(18)16-8-7-10(2)9-16/h4-6,10,15H,3,7-9H2,1-2H3. The number of rotatable bonds is 4. The summed E-state index contributed by atoms with van der Waals surface area (Å²) >= 11 is 0. The van der Waals surface area contributed by atoms with Gasteiger partial charge in [0.1, 0.15) is 5.69 Å². The molecule has 2 rings (SSSR count). The monoisotopic (exact) mass is 277 g/mol. The molecule has 1 unspecified atom stereocenters. The first-order valence-electron chi connectivity index (χ1n) is 6.85. The Morgan fingerprint density at radius 2 is 2.30 bits per heavy atom. The van der Waals surface area contributed by atoms with Crippen molar-refractivity contribution in [1.82, 2.24) is 4.90 Å². The Balaban J connectivity index is 2.37. The number of hydrogen-bond acceptors (Lipinski definition) is 4. The highest BCUT2D eigenvalue weighted by Gasteiger charge is 2.28. The third kappa shape index (κ3) is 2.74. The van der Waals surface area contributed by atoms with Crippen LogP contribution in [0.3, 0.4) is 0 Å². The number of anilines is 1. The molecule has 6 nitrogen and oxygen atoms in total. The van der Waals surface area contributed by atoms with Gasteiger partial charge in [-0.1, -0.05) is 13.0 Å². The lowest BCUT2D eigenvalue weighted by Crippen LogP contribution is -2.29. The molecule has 1 aliphatic heterocycles. The van der Waals surface area contributed by atoms with E-state index in [0.717, 1.165) is 6.42 Å². The van der Waals surface area contributed by atoms with Crippen molar-refractivity contribution in [2.24, 2.45) is 5.92 Å². The van der Waals surface area contributed by atoms with Crippen molar-refractivity contribution in [3.05, 3.63) is 33.9 Å². The highest BCUT2D eigenvalue weighted by atomic mass is 16.6. The summed E-state index contributed by atoms with van der Waals surface area (Å²) in [4.78, 5) is 24.9. The van der Waals surface area contributed by atoms with Gasteiger partial charge in [0.25, 0.3) is 11.6 Å². The van der Waals surface area contributed by atoms with Crippen LogP contribution in [0.1, 0.15) is 30.6 Å². The summed E-state index contributed by atoms with van der Waals surface area (Å²) in [6, 6.07) is 4.63. The molecule has 0 radical (unpaired) electrons. The number of nitro benzene ring substituents is 1. The third-order valence-corrected chi connectivity index (χ3v) is 3.53. The van der Waals surface area contributed by atoms with Crippen LogP contribution < -0.4 is 5.32 Å². The van der Waals surface area contributed by atoms with Crippen LogP contribution in [0, 0.1) is 16.0 Å². The molecule has 1 aromatic rings. The molecule has 108 valence electrons. The van der Waals surface area contributed by atoms with Gasteiger partial charge in [-0.2, -0.15) is 0 Å². The van der Waals surface area contributed by atoms with E-state index in [1.807, 2.05) is 6.92 Å². The fourth-order valence-corrected chi connectivity index (χ4v) is 2.52. The Morgan fingerprint density at radius 3 is 2.85 bits per heavy atom. The Morgan fingerprint density at radius 1 is 1.55 bits per heavy atom. The Bertz CT molecular complexity index is 530. The molecule has 1 fully saturated rings. The van der Waals surface area contributed by atoms with Crippen molar-refractivity contribution in [2.75, 3.05) is 25.0 Å². The first-order valence-corrected chi connectivity index (χ1v) is 6.85. The van der Waals surface area contributed by atoms with Gasteiger partial charge in [-0.05, 0) is 25.3 Å². The first kappa shape index (κ1) is 14.3. The Hall–Kier alpha value is -2.11. The number of hydrogen-bond donors (Lipinski definition) is 1. The zero-order chi connectivity index (χ0) is 14.7. The zero-order valence-electron chi connectivity index (χ0n) is 11.8. The van der Waals surface area contributed by atoms with Gasteiger partial charge in [0.05, 0.1) is 10.5 Å². The molecule has 1 amide bonds. The van der Waals surface area contributed by atoms with Crippen molar-refractivity contribution in [3.8, 4) is 0 Å². The quantitative estimate of drug-likeness (QED) is 0.677. The number of benzene rings is 1. The minimum absolute atomic E-state index is 0.0510. The Kier molecular flexibility index (Phi) is 4.22. The maximum absolute atomic E-state index is 12.5. The number of carbonyl (C=O) groups is 1. The van der Waals surface area contributed by atoms with E-state index in [-0.39, 0.29) is 11.6 Å². The van der Waals surface area contributed by atoms with Crippen LogP contribution in [0.4, 0.5) is 11.4 Å². The summed E-state index contributed by atoms with van der Waals surface area (Å²) in [5.41, 5.74) is 0.657. The van der Waals surface area contributed by atoms with E-state index < -0.39 is 4.92 Å². The summed E-state index contributed by atoms with van der Waals surface area (Å²) < 4.78 is 0. The largest absolute Gasteiger partial charge is 0.379 e. The predicted molar refractivity (Wildman–Crippen MR) is 76.9 cm³/mol. The molecule has 0 saturated carbocycles. The van der Waals surface area contributed by atoms with E-state index in [9.17, 15) is 14.9 Å². The second-order valence-corrected chi connectivity index (χ2v) is 5.13. The van der Waals surface area contributed by atoms with Gasteiger partial charge in [0, 0.05) is 25.7 Å². The number of nitrogens with one attached hydrogen (secondary N) is 1. The van der Waals surface area contributed by atoms with E-state index >= 15 is 0 Å². The molecular formula is C14H19N3O3. The van der Waals surface area contributed by atoms with Crippen molar-refractivity contribution in [3.63, 3.8) is 0 Å². The van der Waals surface area contributed by atoms with Crippen LogP contribution in [0.5, 0.6) is 0 Å². The maximum Gasteiger partial charge on any atom is 0.293 e. The molecule has 0 bridgehead atoms. The fraction of sp³-hybridized carbons (Fsp3) is 0.500. The number of likely N-dealkylation sites (tertiary alicyclic amines) is 1. The van der Waals surface area contributed by atoms with Crippen LogP contribution >= 0.6 is 0 Å². The molecule has 1 aliphatic rings. The normalized spacial score (nSPS) is 18.1. The highest BCUT2D eigenvalue weighted by molar-refractivity contribution is 6.01. The summed E-state index contributed by atoms with van der Waals surface area (Å²) in [7, 11) is 0. The van der Waals surface area contributed by atoms with E-state index in [1.54, 1.807) is 17.0 Å². The van der Waals surface area contributed by atoms with Gasteiger partial charge in [-0.3, -0.25) is 14.9 Å². The molecule has 1 saturated heterocycles. The molecule has 6 heteroatoms. The van der Waals surface area contributed by atoms with Crippen molar-refractivity contribution >= 4 is 17.3 Å². The topological polar surface area (TPSA) is 75.5 Å². The molecule has 0 aromatic heterocycles. The number of nitrogens with zero attached hydrogens (tertiary/aromatic N) is 2. The van der Waals surface area contributed by atoms with Gasteiger partial charge in [0.2, 0.25) is 0 Å². The van der Waals surface area contributed by atoms with Gasteiger partial charge in [0.15, 0.2) is 0 Å². The lowest BCUT2D eigenvalue weighted by molar-refractivity contribution is -0.384. The summed E-state index contributed by atoms with van der Waals surface area (Å²) in [6.07, 6.45) is 0.983. The molecule has 1 N–H and O–H groups in total. The van der Waals surface area contributed by atoms with Gasteiger partial charge in [-0.25, -0.2) is 0 Å². The van der Waals surface area contributed by atoms with Crippen molar-refractivity contribution in [1.29, 1.82) is 0 Å². The highest BCUT2D eigenvalue weighted by Crippen LogP contribution is 2.30. The predicted octanol–water partition coefficient (Wildman–Crippen LogP) is 2.51. The van der Waals surface area contributed by atoms with Crippen molar-refractivity contribution in [2.45, 2.75) is 20.3 Å². The number of amides is 1. The van der Waals surface area contributed by atoms with Crippen molar-refractivity contribution < 1.29 is 9.72 Å². The molecule has 0 spiro atoms. The lowest BCUT2D eigenvalue weighted by atomic mass is 10.1. The van der Waals surface area contributed by atoms with E-state index in [4.69, 9.17) is 0 Å². The second-order valence-electron chi connectivity index (χ2n) is 5.13. The third-order valence-electron chi connectivity index (χ3n) is 3.53. The molecule has 1 heterocycles. The number of para-hydroxylation sites is 1. The smallest absolute Gasteiger partial charge is 0.293 e. The van der Waals surface area contributed by atoms with E-state index in [1.165, 1.54) is 6.07 Å². The minimum Gasteiger partial charge on any atom is -0.379 e. The lowest BCUT2D eigenvalue weighted by Gasteiger charge is -2.18. The summed E-state index contributed by atoms with van der Waals surface area (Å²) in [5, 5.41) is 14.0. The maximum atomic E-state index is 12.5. The summed E-state index contributed by atoms with van der Waals surface area (Å²) in [6.45, 7) is 5.91. The number of carbonyl (C=O) groups excluding carboxylic acids is 1. The van der Waals surface area contributed by atoms with Crippen LogP contribution in [-0.4, -0.2) is 35.4 Å². The van der Waals surface area contributed by atoms with Gasteiger partial charge >= 0.3 is 0 Å². The van der Waals surface area contributed by atoms with Crippen LogP contribution in [0.25, 0.3) is 0 Å². The average molecular weight is 277 g/mol. The molecule has 0 aliphatic carbocycles. The molecule has 1 aromatic carbocycles. The van der Waals surface area contributed by atoms with E-state index in [0.29, 0.717) is 36.8 Å². The average Bonchev–Trinajstić information content (AvgIpc) is 2.85. The first-order chi connectivity index (χ1) is 9.54.